The van der Waals surface area contributed by atoms with Gasteiger partial charge in [-0.15, -0.1) is 12.4 Å². The Kier molecular flexibility index (Phi) is 3.08. The summed E-state index contributed by atoms with van der Waals surface area (Å²) in [6, 6.07) is 8.51. The van der Waals surface area contributed by atoms with Gasteiger partial charge in [-0.05, 0) is 24.3 Å². The molecule has 86 valence electrons. The van der Waals surface area contributed by atoms with Crippen LogP contribution in [0.25, 0.3) is 10.9 Å². The molecule has 1 aliphatic heterocycles. The Labute approximate surface area is 101 Å². The van der Waals surface area contributed by atoms with E-state index < -0.39 is 0 Å². The Morgan fingerprint density at radius 2 is 2.19 bits per heavy atom. The molecule has 1 aliphatic rings. The molecule has 1 aromatic heterocycles. The number of methoxy groups -OCH3 is 1. The lowest BCUT2D eigenvalue weighted by Crippen LogP contribution is -2.27. The summed E-state index contributed by atoms with van der Waals surface area (Å²) in [5.41, 5.74) is 2.68. The van der Waals surface area contributed by atoms with Gasteiger partial charge in [-0.1, -0.05) is 0 Å². The van der Waals surface area contributed by atoms with Gasteiger partial charge >= 0.3 is 0 Å². The molecule has 2 aromatic rings. The molecule has 1 aromatic carbocycles. The fourth-order valence-corrected chi connectivity index (χ4v) is 2.25. The van der Waals surface area contributed by atoms with Crippen molar-refractivity contribution in [1.29, 1.82) is 0 Å². The van der Waals surface area contributed by atoms with Crippen molar-refractivity contribution in [3.8, 4) is 5.75 Å². The number of nitrogens with one attached hydrogen (secondary N) is 1. The first-order valence-corrected chi connectivity index (χ1v) is 5.25. The Morgan fingerprint density at radius 3 is 3.00 bits per heavy atom. The van der Waals surface area contributed by atoms with E-state index in [0.717, 1.165) is 25.4 Å². The highest BCUT2D eigenvalue weighted by atomic mass is 35.5. The van der Waals surface area contributed by atoms with E-state index in [1.807, 2.05) is 6.07 Å². The van der Waals surface area contributed by atoms with Crippen LogP contribution in [0, 0.1) is 0 Å². The van der Waals surface area contributed by atoms with E-state index in [2.05, 4.69) is 28.1 Å². The first kappa shape index (κ1) is 11.3. The fourth-order valence-electron chi connectivity index (χ4n) is 2.25. The number of fused-ring (bicyclic) bond motifs is 3. The molecule has 3 rings (SSSR count). The molecule has 0 saturated heterocycles. The molecule has 1 N–H and O–H groups in total. The third kappa shape index (κ3) is 1.66. The van der Waals surface area contributed by atoms with E-state index in [1.54, 1.807) is 7.11 Å². The largest absolute Gasteiger partial charge is 0.497 e. The van der Waals surface area contributed by atoms with Gasteiger partial charge in [-0.2, -0.15) is 0 Å². The molecule has 2 heterocycles. The average molecular weight is 239 g/mol. The number of rotatable bonds is 1. The molecule has 0 aliphatic carbocycles. The minimum absolute atomic E-state index is 0. The molecular formula is C12H15ClN2O. The second kappa shape index (κ2) is 4.36. The third-order valence-electron chi connectivity index (χ3n) is 3.01. The molecule has 16 heavy (non-hydrogen) atoms. The zero-order valence-corrected chi connectivity index (χ0v) is 10.0. The summed E-state index contributed by atoms with van der Waals surface area (Å²) in [5.74, 6) is 0.929. The third-order valence-corrected chi connectivity index (χ3v) is 3.01. The van der Waals surface area contributed by atoms with Crippen LogP contribution in [0.2, 0.25) is 0 Å². The van der Waals surface area contributed by atoms with Gasteiger partial charge in [0.05, 0.1) is 7.11 Å². The molecule has 0 spiro atoms. The number of benzene rings is 1. The van der Waals surface area contributed by atoms with Crippen molar-refractivity contribution >= 4 is 23.3 Å². The van der Waals surface area contributed by atoms with Gasteiger partial charge < -0.3 is 14.6 Å². The zero-order valence-electron chi connectivity index (χ0n) is 9.19. The summed E-state index contributed by atoms with van der Waals surface area (Å²) in [6.45, 7) is 3.09. The lowest BCUT2D eigenvalue weighted by atomic mass is 10.2. The lowest BCUT2D eigenvalue weighted by molar-refractivity contribution is 0.415. The van der Waals surface area contributed by atoms with Crippen LogP contribution in [0.3, 0.4) is 0 Å². The van der Waals surface area contributed by atoms with Gasteiger partial charge in [0.1, 0.15) is 5.75 Å². The van der Waals surface area contributed by atoms with E-state index in [4.69, 9.17) is 4.74 Å². The van der Waals surface area contributed by atoms with Crippen LogP contribution in [0.1, 0.15) is 5.69 Å². The molecule has 0 radical (unpaired) electrons. The lowest BCUT2D eigenvalue weighted by Gasteiger charge is -2.17. The number of nitrogens with zero attached hydrogens (tertiary/aromatic N) is 1. The summed E-state index contributed by atoms with van der Waals surface area (Å²) in [4.78, 5) is 0. The van der Waals surface area contributed by atoms with E-state index >= 15 is 0 Å². The van der Waals surface area contributed by atoms with Crippen molar-refractivity contribution < 1.29 is 4.74 Å². The van der Waals surface area contributed by atoms with E-state index in [0.29, 0.717) is 0 Å². The van der Waals surface area contributed by atoms with Crippen molar-refractivity contribution in [2.45, 2.75) is 13.1 Å². The summed E-state index contributed by atoms with van der Waals surface area (Å²) in [7, 11) is 1.71. The molecular weight excluding hydrogens is 224 g/mol. The standard InChI is InChI=1S/C12H14N2O.ClH/c1-15-11-2-3-12-9(7-11)6-10-8-13-4-5-14(10)12;/h2-3,6-7,13H,4-5,8H2,1H3;1H. The number of hydrogen-bond donors (Lipinski definition) is 1. The van der Waals surface area contributed by atoms with Gasteiger partial charge in [0.25, 0.3) is 0 Å². The smallest absolute Gasteiger partial charge is 0.119 e. The first-order valence-electron chi connectivity index (χ1n) is 5.25. The van der Waals surface area contributed by atoms with Gasteiger partial charge in [-0.25, -0.2) is 0 Å². The van der Waals surface area contributed by atoms with Gasteiger partial charge in [-0.3, -0.25) is 0 Å². The topological polar surface area (TPSA) is 26.2 Å². The van der Waals surface area contributed by atoms with Crippen LogP contribution in [0.15, 0.2) is 24.3 Å². The Hall–Kier alpha value is -1.19. The van der Waals surface area contributed by atoms with Crippen molar-refractivity contribution in [1.82, 2.24) is 9.88 Å². The Morgan fingerprint density at radius 1 is 1.31 bits per heavy atom. The SMILES string of the molecule is COc1ccc2c(c1)cc1n2CCNC1.Cl. The number of halogens is 1. The average Bonchev–Trinajstić information content (AvgIpc) is 2.66. The van der Waals surface area contributed by atoms with E-state index in [1.165, 1.54) is 16.6 Å². The maximum absolute atomic E-state index is 5.23. The maximum atomic E-state index is 5.23. The number of aromatic nitrogens is 1. The maximum Gasteiger partial charge on any atom is 0.119 e. The van der Waals surface area contributed by atoms with E-state index in [9.17, 15) is 0 Å². The molecule has 0 bridgehead atoms. The predicted octanol–water partition coefficient (Wildman–Crippen LogP) is 2.17. The summed E-state index contributed by atoms with van der Waals surface area (Å²) in [5, 5.41) is 4.65. The van der Waals surface area contributed by atoms with E-state index in [-0.39, 0.29) is 12.4 Å². The number of ether oxygens (including phenoxy) is 1. The molecule has 4 heteroatoms. The van der Waals surface area contributed by atoms with Crippen molar-refractivity contribution in [3.05, 3.63) is 30.0 Å². The van der Waals surface area contributed by atoms with Crippen LogP contribution in [-0.4, -0.2) is 18.2 Å². The van der Waals surface area contributed by atoms with Crippen LogP contribution in [-0.2, 0) is 13.1 Å². The van der Waals surface area contributed by atoms with Gasteiger partial charge in [0, 0.05) is 36.2 Å². The van der Waals surface area contributed by atoms with Crippen molar-refractivity contribution in [2.75, 3.05) is 13.7 Å². The molecule has 0 fully saturated rings. The fraction of sp³-hybridized carbons (Fsp3) is 0.333. The minimum Gasteiger partial charge on any atom is -0.497 e. The summed E-state index contributed by atoms with van der Waals surface area (Å²) in [6.07, 6.45) is 0. The van der Waals surface area contributed by atoms with Gasteiger partial charge in [0.2, 0.25) is 0 Å². The second-order valence-electron chi connectivity index (χ2n) is 3.89. The van der Waals surface area contributed by atoms with Crippen molar-refractivity contribution in [3.63, 3.8) is 0 Å². The Balaban J connectivity index is 0.000000963. The molecule has 3 nitrogen and oxygen atoms in total. The molecule has 0 atom stereocenters. The zero-order chi connectivity index (χ0) is 10.3. The van der Waals surface area contributed by atoms with Crippen LogP contribution in [0.5, 0.6) is 5.75 Å². The highest BCUT2D eigenvalue weighted by molar-refractivity contribution is 5.85. The molecule has 0 amide bonds. The summed E-state index contributed by atoms with van der Waals surface area (Å²) >= 11 is 0. The minimum atomic E-state index is 0. The van der Waals surface area contributed by atoms with Crippen molar-refractivity contribution in [2.24, 2.45) is 0 Å². The molecule has 0 unspecified atom stereocenters. The second-order valence-corrected chi connectivity index (χ2v) is 3.89. The predicted molar refractivity (Wildman–Crippen MR) is 67.4 cm³/mol. The highest BCUT2D eigenvalue weighted by Crippen LogP contribution is 2.25. The van der Waals surface area contributed by atoms with Gasteiger partial charge in [0.15, 0.2) is 0 Å². The quantitative estimate of drug-likeness (QED) is 0.824. The normalized spacial score (nSPS) is 14.3. The number of hydrogen-bond acceptors (Lipinski definition) is 2. The Bertz CT molecular complexity index is 507. The highest BCUT2D eigenvalue weighted by Gasteiger charge is 2.12. The van der Waals surface area contributed by atoms with Crippen LogP contribution >= 0.6 is 12.4 Å². The molecule has 0 saturated carbocycles. The summed E-state index contributed by atoms with van der Waals surface area (Å²) < 4.78 is 7.61. The first-order chi connectivity index (χ1) is 7.38. The monoisotopic (exact) mass is 238 g/mol. The van der Waals surface area contributed by atoms with Crippen LogP contribution in [0.4, 0.5) is 0 Å². The van der Waals surface area contributed by atoms with Crippen LogP contribution < -0.4 is 10.1 Å².